The summed E-state index contributed by atoms with van der Waals surface area (Å²) >= 11 is 0. The third-order valence-electron chi connectivity index (χ3n) is 3.00. The van der Waals surface area contributed by atoms with Crippen molar-refractivity contribution in [2.75, 3.05) is 6.54 Å². The van der Waals surface area contributed by atoms with Gasteiger partial charge in [0.1, 0.15) is 0 Å². The Bertz CT molecular complexity index is 292. The second-order valence-corrected chi connectivity index (χ2v) is 6.70. The van der Waals surface area contributed by atoms with E-state index in [1.807, 2.05) is 27.7 Å². The normalized spacial score (nSPS) is 15.6. The molecule has 0 aliphatic rings. The highest BCUT2D eigenvalue weighted by Gasteiger charge is 2.22. The van der Waals surface area contributed by atoms with Crippen LogP contribution in [0.1, 0.15) is 48.5 Å². The van der Waals surface area contributed by atoms with Gasteiger partial charge in [-0.05, 0) is 17.8 Å². The molecule has 0 bridgehead atoms. The molecule has 1 unspecified atom stereocenters. The predicted octanol–water partition coefficient (Wildman–Crippen LogP) is 2.50. The summed E-state index contributed by atoms with van der Waals surface area (Å²) in [7, 11) is 0. The van der Waals surface area contributed by atoms with Gasteiger partial charge < -0.3 is 10.4 Å². The molecule has 0 aromatic heterocycles. The number of aliphatic hydroxyl groups excluding tert-OH is 1. The van der Waals surface area contributed by atoms with Gasteiger partial charge in [-0.2, -0.15) is 0 Å². The van der Waals surface area contributed by atoms with Gasteiger partial charge in [-0.1, -0.05) is 47.1 Å². The van der Waals surface area contributed by atoms with Gasteiger partial charge in [0.2, 0.25) is 5.91 Å². The Morgan fingerprint density at radius 1 is 1.24 bits per heavy atom. The largest absolute Gasteiger partial charge is 0.391 e. The van der Waals surface area contributed by atoms with E-state index in [0.717, 1.165) is 5.57 Å². The Morgan fingerprint density at radius 2 is 1.71 bits per heavy atom. The summed E-state index contributed by atoms with van der Waals surface area (Å²) in [5, 5.41) is 12.5. The van der Waals surface area contributed by atoms with Crippen molar-refractivity contribution < 1.29 is 9.90 Å². The van der Waals surface area contributed by atoms with Crippen LogP contribution in [0.5, 0.6) is 0 Å². The first-order chi connectivity index (χ1) is 7.44. The average molecular weight is 241 g/mol. The lowest BCUT2D eigenvalue weighted by atomic mass is 9.87. The number of rotatable bonds is 3. The van der Waals surface area contributed by atoms with E-state index in [0.29, 0.717) is 0 Å². The van der Waals surface area contributed by atoms with Crippen molar-refractivity contribution in [3.63, 3.8) is 0 Å². The maximum atomic E-state index is 11.6. The Labute approximate surface area is 105 Å². The average Bonchev–Trinajstić information content (AvgIpc) is 2.10. The molecule has 0 saturated carbocycles. The Kier molecular flexibility index (Phi) is 5.40. The number of hydrogen-bond acceptors (Lipinski definition) is 2. The number of carbonyl (C=O) groups excluding carboxylic acids is 1. The van der Waals surface area contributed by atoms with Crippen LogP contribution in [0.2, 0.25) is 0 Å². The smallest absolute Gasteiger partial charge is 0.244 e. The zero-order chi connectivity index (χ0) is 13.9. The molecule has 1 atom stereocenters. The minimum Gasteiger partial charge on any atom is -0.391 e. The molecule has 100 valence electrons. The van der Waals surface area contributed by atoms with Crippen LogP contribution in [0.25, 0.3) is 0 Å². The van der Waals surface area contributed by atoms with E-state index in [-0.39, 0.29) is 23.3 Å². The fourth-order valence-corrected chi connectivity index (χ4v) is 0.968. The van der Waals surface area contributed by atoms with Crippen molar-refractivity contribution in [1.29, 1.82) is 0 Å². The second kappa shape index (κ2) is 5.67. The number of allylic oxidation sites excluding steroid dienone is 1. The van der Waals surface area contributed by atoms with Crippen molar-refractivity contribution in [2.45, 2.75) is 54.6 Å². The highest BCUT2D eigenvalue weighted by molar-refractivity contribution is 5.88. The number of nitrogens with one attached hydrogen (secondary N) is 1. The fourth-order valence-electron chi connectivity index (χ4n) is 0.968. The molecule has 2 N–H and O–H groups in total. The first-order valence-electron chi connectivity index (χ1n) is 6.09. The molecule has 17 heavy (non-hydrogen) atoms. The molecule has 3 nitrogen and oxygen atoms in total. The third-order valence-corrected chi connectivity index (χ3v) is 3.00. The molecule has 0 radical (unpaired) electrons. The molecule has 0 rings (SSSR count). The van der Waals surface area contributed by atoms with Gasteiger partial charge in [0.05, 0.1) is 6.10 Å². The van der Waals surface area contributed by atoms with Crippen molar-refractivity contribution in [2.24, 2.45) is 10.8 Å². The van der Waals surface area contributed by atoms with Crippen LogP contribution in [-0.4, -0.2) is 23.7 Å². The predicted molar refractivity (Wildman–Crippen MR) is 71.7 cm³/mol. The second-order valence-electron chi connectivity index (χ2n) is 6.70. The standard InChI is InChI=1S/C14H27NO2/c1-10(13(2,3)4)8-12(17)15-9-11(16)14(5,6)7/h8,11,16H,9H2,1-7H3,(H,15,17). The lowest BCUT2D eigenvalue weighted by Crippen LogP contribution is -2.38. The zero-order valence-electron chi connectivity index (χ0n) is 12.2. The summed E-state index contributed by atoms with van der Waals surface area (Å²) < 4.78 is 0. The SMILES string of the molecule is CC(=CC(=O)NCC(O)C(C)(C)C)C(C)(C)C. The van der Waals surface area contributed by atoms with E-state index in [1.54, 1.807) is 6.08 Å². The van der Waals surface area contributed by atoms with E-state index < -0.39 is 6.10 Å². The van der Waals surface area contributed by atoms with Gasteiger partial charge in [-0.25, -0.2) is 0 Å². The fraction of sp³-hybridized carbons (Fsp3) is 0.786. The van der Waals surface area contributed by atoms with Crippen molar-refractivity contribution >= 4 is 5.91 Å². The first kappa shape index (κ1) is 16.2. The third kappa shape index (κ3) is 6.47. The van der Waals surface area contributed by atoms with Gasteiger partial charge in [0.25, 0.3) is 0 Å². The van der Waals surface area contributed by atoms with Gasteiger partial charge in [0.15, 0.2) is 0 Å². The quantitative estimate of drug-likeness (QED) is 0.746. The maximum Gasteiger partial charge on any atom is 0.244 e. The molecule has 0 aliphatic carbocycles. The topological polar surface area (TPSA) is 49.3 Å². The molecule has 0 spiro atoms. The summed E-state index contributed by atoms with van der Waals surface area (Å²) in [6, 6.07) is 0. The Balaban J connectivity index is 4.32. The van der Waals surface area contributed by atoms with Crippen LogP contribution >= 0.6 is 0 Å². The minimum atomic E-state index is -0.533. The van der Waals surface area contributed by atoms with E-state index in [9.17, 15) is 9.90 Å². The van der Waals surface area contributed by atoms with Crippen LogP contribution < -0.4 is 5.32 Å². The number of aliphatic hydroxyl groups is 1. The number of hydrogen-bond donors (Lipinski definition) is 2. The lowest BCUT2D eigenvalue weighted by Gasteiger charge is -2.26. The van der Waals surface area contributed by atoms with Crippen LogP contribution in [0.15, 0.2) is 11.6 Å². The van der Waals surface area contributed by atoms with E-state index in [4.69, 9.17) is 0 Å². The Morgan fingerprint density at radius 3 is 2.06 bits per heavy atom. The summed E-state index contributed by atoms with van der Waals surface area (Å²) in [4.78, 5) is 11.6. The number of amides is 1. The van der Waals surface area contributed by atoms with E-state index >= 15 is 0 Å². The van der Waals surface area contributed by atoms with Crippen LogP contribution in [0.3, 0.4) is 0 Å². The highest BCUT2D eigenvalue weighted by Crippen LogP contribution is 2.24. The summed E-state index contributed by atoms with van der Waals surface area (Å²) in [6.45, 7) is 14.3. The Hall–Kier alpha value is -0.830. The molecular formula is C14H27NO2. The first-order valence-corrected chi connectivity index (χ1v) is 6.09. The minimum absolute atomic E-state index is 0.0000167. The molecule has 0 aliphatic heterocycles. The molecule has 0 fully saturated rings. The zero-order valence-corrected chi connectivity index (χ0v) is 12.2. The van der Waals surface area contributed by atoms with Crippen LogP contribution in [0, 0.1) is 10.8 Å². The molecule has 0 heterocycles. The lowest BCUT2D eigenvalue weighted by molar-refractivity contribution is -0.117. The number of carbonyl (C=O) groups is 1. The van der Waals surface area contributed by atoms with Crippen LogP contribution in [0.4, 0.5) is 0 Å². The van der Waals surface area contributed by atoms with Gasteiger partial charge >= 0.3 is 0 Å². The maximum absolute atomic E-state index is 11.6. The molecule has 1 amide bonds. The monoisotopic (exact) mass is 241 g/mol. The van der Waals surface area contributed by atoms with Crippen molar-refractivity contribution in [1.82, 2.24) is 5.32 Å². The van der Waals surface area contributed by atoms with Crippen LogP contribution in [-0.2, 0) is 4.79 Å². The van der Waals surface area contributed by atoms with Crippen molar-refractivity contribution in [3.8, 4) is 0 Å². The van der Waals surface area contributed by atoms with Gasteiger partial charge in [-0.3, -0.25) is 4.79 Å². The molecule has 0 aromatic carbocycles. The summed E-state index contributed by atoms with van der Waals surface area (Å²) in [6.07, 6.45) is 1.07. The molecular weight excluding hydrogens is 214 g/mol. The molecule has 0 saturated heterocycles. The highest BCUT2D eigenvalue weighted by atomic mass is 16.3. The van der Waals surface area contributed by atoms with Gasteiger partial charge in [-0.15, -0.1) is 0 Å². The van der Waals surface area contributed by atoms with Gasteiger partial charge in [0, 0.05) is 12.6 Å². The van der Waals surface area contributed by atoms with E-state index in [2.05, 4.69) is 26.1 Å². The summed E-state index contributed by atoms with van der Waals surface area (Å²) in [5.74, 6) is -0.138. The molecule has 0 aromatic rings. The molecule has 3 heteroatoms. The van der Waals surface area contributed by atoms with E-state index in [1.165, 1.54) is 0 Å². The van der Waals surface area contributed by atoms with Crippen molar-refractivity contribution in [3.05, 3.63) is 11.6 Å². The summed E-state index contributed by atoms with van der Waals surface area (Å²) in [5.41, 5.74) is 0.816.